The zero-order valence-electron chi connectivity index (χ0n) is 15.7. The Bertz CT molecular complexity index is 424. The molecule has 136 valence electrons. The molecule has 0 unspecified atom stereocenters. The molecule has 2 rings (SSSR count). The molecule has 0 amide bonds. The lowest BCUT2D eigenvalue weighted by molar-refractivity contribution is 0.199. The molecule has 1 aromatic rings. The molecule has 1 aliphatic rings. The predicted molar refractivity (Wildman–Crippen MR) is 104 cm³/mol. The average Bonchev–Trinajstić information content (AvgIpc) is 2.61. The number of piperidine rings is 1. The smallest absolute Gasteiger partial charge is 0.119 e. The third kappa shape index (κ3) is 7.57. The van der Waals surface area contributed by atoms with Crippen molar-refractivity contribution in [1.29, 1.82) is 0 Å². The number of rotatable bonds is 11. The SMILES string of the molecule is CCCCCCCOc1ccc(NCCN2CCC(C)CC2)cc1. The van der Waals surface area contributed by atoms with Crippen LogP contribution in [-0.4, -0.2) is 37.7 Å². The summed E-state index contributed by atoms with van der Waals surface area (Å²) in [5.74, 6) is 1.90. The van der Waals surface area contributed by atoms with Crippen molar-refractivity contribution >= 4 is 5.69 Å². The lowest BCUT2D eigenvalue weighted by Gasteiger charge is -2.30. The number of nitrogens with zero attached hydrogens (tertiary/aromatic N) is 1. The van der Waals surface area contributed by atoms with Gasteiger partial charge >= 0.3 is 0 Å². The highest BCUT2D eigenvalue weighted by Gasteiger charge is 2.14. The topological polar surface area (TPSA) is 24.5 Å². The standard InChI is InChI=1S/C21H36N2O/c1-3-4-5-6-7-18-24-21-10-8-20(9-11-21)22-14-17-23-15-12-19(2)13-16-23/h8-11,19,22H,3-7,12-18H2,1-2H3. The summed E-state index contributed by atoms with van der Waals surface area (Å²) in [6, 6.07) is 8.42. The summed E-state index contributed by atoms with van der Waals surface area (Å²) in [5, 5.41) is 3.52. The quantitative estimate of drug-likeness (QED) is 0.565. The van der Waals surface area contributed by atoms with E-state index in [-0.39, 0.29) is 0 Å². The molecule has 0 radical (unpaired) electrons. The number of ether oxygens (including phenoxy) is 1. The molecule has 3 heteroatoms. The Morgan fingerprint density at radius 1 is 1.04 bits per heavy atom. The van der Waals surface area contributed by atoms with E-state index < -0.39 is 0 Å². The van der Waals surface area contributed by atoms with Crippen LogP contribution in [0, 0.1) is 5.92 Å². The highest BCUT2D eigenvalue weighted by atomic mass is 16.5. The largest absolute Gasteiger partial charge is 0.494 e. The fourth-order valence-electron chi connectivity index (χ4n) is 3.21. The Morgan fingerprint density at radius 2 is 1.75 bits per heavy atom. The summed E-state index contributed by atoms with van der Waals surface area (Å²) in [6.45, 7) is 10.1. The number of hydrogen-bond acceptors (Lipinski definition) is 3. The molecule has 0 spiro atoms. The van der Waals surface area contributed by atoms with Gasteiger partial charge in [0.2, 0.25) is 0 Å². The maximum Gasteiger partial charge on any atom is 0.119 e. The second-order valence-corrected chi connectivity index (χ2v) is 7.24. The maximum atomic E-state index is 5.81. The molecule has 0 aliphatic carbocycles. The summed E-state index contributed by atoms with van der Waals surface area (Å²) < 4.78 is 5.81. The third-order valence-corrected chi connectivity index (χ3v) is 5.00. The van der Waals surface area contributed by atoms with Crippen molar-refractivity contribution in [3.8, 4) is 5.75 Å². The van der Waals surface area contributed by atoms with E-state index in [4.69, 9.17) is 4.74 Å². The van der Waals surface area contributed by atoms with E-state index in [0.717, 1.165) is 37.8 Å². The number of nitrogens with one attached hydrogen (secondary N) is 1. The van der Waals surface area contributed by atoms with Gasteiger partial charge in [0, 0.05) is 18.8 Å². The molecular formula is C21H36N2O. The summed E-state index contributed by atoms with van der Waals surface area (Å²) in [5.41, 5.74) is 1.19. The molecule has 1 N–H and O–H groups in total. The second-order valence-electron chi connectivity index (χ2n) is 7.24. The Labute approximate surface area is 148 Å². The molecule has 0 saturated carbocycles. The molecule has 1 aromatic carbocycles. The normalized spacial score (nSPS) is 16.2. The van der Waals surface area contributed by atoms with E-state index in [2.05, 4.69) is 48.3 Å². The van der Waals surface area contributed by atoms with Crippen molar-refractivity contribution in [3.05, 3.63) is 24.3 Å². The molecule has 24 heavy (non-hydrogen) atoms. The van der Waals surface area contributed by atoms with Gasteiger partial charge in [-0.05, 0) is 62.5 Å². The molecule has 1 heterocycles. The van der Waals surface area contributed by atoms with Crippen LogP contribution < -0.4 is 10.1 Å². The number of benzene rings is 1. The number of likely N-dealkylation sites (tertiary alicyclic amines) is 1. The lowest BCUT2D eigenvalue weighted by Crippen LogP contribution is -2.36. The summed E-state index contributed by atoms with van der Waals surface area (Å²) in [4.78, 5) is 2.57. The van der Waals surface area contributed by atoms with Gasteiger partial charge in [0.25, 0.3) is 0 Å². The molecule has 0 bridgehead atoms. The lowest BCUT2D eigenvalue weighted by atomic mass is 9.99. The first-order chi connectivity index (χ1) is 11.8. The van der Waals surface area contributed by atoms with Gasteiger partial charge in [-0.25, -0.2) is 0 Å². The Kier molecular flexibility index (Phi) is 9.04. The van der Waals surface area contributed by atoms with Crippen LogP contribution in [0.1, 0.15) is 58.8 Å². The molecule has 1 aliphatic heterocycles. The van der Waals surface area contributed by atoms with Crippen LogP contribution in [0.25, 0.3) is 0 Å². The van der Waals surface area contributed by atoms with Crippen LogP contribution in [-0.2, 0) is 0 Å². The monoisotopic (exact) mass is 332 g/mol. The van der Waals surface area contributed by atoms with E-state index >= 15 is 0 Å². The predicted octanol–water partition coefficient (Wildman–Crippen LogP) is 5.18. The van der Waals surface area contributed by atoms with Crippen LogP contribution in [0.2, 0.25) is 0 Å². The van der Waals surface area contributed by atoms with Crippen molar-refractivity contribution in [2.45, 2.75) is 58.8 Å². The Hall–Kier alpha value is -1.22. The van der Waals surface area contributed by atoms with Crippen LogP contribution in [0.3, 0.4) is 0 Å². The highest BCUT2D eigenvalue weighted by molar-refractivity contribution is 5.46. The molecule has 0 aromatic heterocycles. The van der Waals surface area contributed by atoms with Gasteiger partial charge in [0.1, 0.15) is 5.75 Å². The molecule has 0 atom stereocenters. The molecule has 1 saturated heterocycles. The summed E-state index contributed by atoms with van der Waals surface area (Å²) in [6.07, 6.45) is 9.12. The fourth-order valence-corrected chi connectivity index (χ4v) is 3.21. The number of hydrogen-bond donors (Lipinski definition) is 1. The minimum Gasteiger partial charge on any atom is -0.494 e. The average molecular weight is 333 g/mol. The number of unbranched alkanes of at least 4 members (excludes halogenated alkanes) is 4. The summed E-state index contributed by atoms with van der Waals surface area (Å²) >= 11 is 0. The van der Waals surface area contributed by atoms with E-state index in [1.54, 1.807) is 0 Å². The fraction of sp³-hybridized carbons (Fsp3) is 0.714. The van der Waals surface area contributed by atoms with Gasteiger partial charge < -0.3 is 15.0 Å². The van der Waals surface area contributed by atoms with E-state index in [9.17, 15) is 0 Å². The molecule has 3 nitrogen and oxygen atoms in total. The van der Waals surface area contributed by atoms with E-state index in [1.165, 1.54) is 57.3 Å². The molecule has 1 fully saturated rings. The van der Waals surface area contributed by atoms with Crippen molar-refractivity contribution in [3.63, 3.8) is 0 Å². The number of anilines is 1. The van der Waals surface area contributed by atoms with Crippen LogP contribution in [0.5, 0.6) is 5.75 Å². The minimum absolute atomic E-state index is 0.837. The summed E-state index contributed by atoms with van der Waals surface area (Å²) in [7, 11) is 0. The first-order valence-electron chi connectivity index (χ1n) is 9.97. The Balaban J connectivity index is 1.56. The Morgan fingerprint density at radius 3 is 2.46 bits per heavy atom. The minimum atomic E-state index is 0.837. The van der Waals surface area contributed by atoms with Gasteiger partial charge in [0.15, 0.2) is 0 Å². The maximum absolute atomic E-state index is 5.81. The van der Waals surface area contributed by atoms with Gasteiger partial charge in [0.05, 0.1) is 6.61 Å². The van der Waals surface area contributed by atoms with Gasteiger partial charge in [-0.15, -0.1) is 0 Å². The van der Waals surface area contributed by atoms with Crippen LogP contribution in [0.15, 0.2) is 24.3 Å². The zero-order valence-corrected chi connectivity index (χ0v) is 15.7. The first kappa shape index (κ1) is 19.1. The highest BCUT2D eigenvalue weighted by Crippen LogP contribution is 2.17. The van der Waals surface area contributed by atoms with Crippen molar-refractivity contribution in [2.24, 2.45) is 5.92 Å². The first-order valence-corrected chi connectivity index (χ1v) is 9.97. The van der Waals surface area contributed by atoms with Crippen molar-refractivity contribution in [2.75, 3.05) is 38.1 Å². The van der Waals surface area contributed by atoms with Crippen LogP contribution >= 0.6 is 0 Å². The van der Waals surface area contributed by atoms with E-state index in [1.807, 2.05) is 0 Å². The van der Waals surface area contributed by atoms with Crippen molar-refractivity contribution in [1.82, 2.24) is 4.90 Å². The van der Waals surface area contributed by atoms with Crippen molar-refractivity contribution < 1.29 is 4.74 Å². The van der Waals surface area contributed by atoms with Gasteiger partial charge in [-0.1, -0.05) is 39.5 Å². The van der Waals surface area contributed by atoms with E-state index in [0.29, 0.717) is 0 Å². The third-order valence-electron chi connectivity index (χ3n) is 5.00. The zero-order chi connectivity index (χ0) is 17.0. The second kappa shape index (κ2) is 11.4. The van der Waals surface area contributed by atoms with Gasteiger partial charge in [-0.3, -0.25) is 0 Å². The van der Waals surface area contributed by atoms with Crippen LogP contribution in [0.4, 0.5) is 5.69 Å². The van der Waals surface area contributed by atoms with Gasteiger partial charge in [-0.2, -0.15) is 0 Å². The molecular weight excluding hydrogens is 296 g/mol.